The van der Waals surface area contributed by atoms with Crippen LogP contribution in [0.5, 0.6) is 5.75 Å². The number of fused-ring (bicyclic) bond motifs is 1. The van der Waals surface area contributed by atoms with Crippen LogP contribution in [-0.2, 0) is 16.6 Å². The highest BCUT2D eigenvalue weighted by atomic mass is 32.2. The van der Waals surface area contributed by atoms with Crippen LogP contribution in [0.3, 0.4) is 0 Å². The van der Waals surface area contributed by atoms with Gasteiger partial charge < -0.3 is 4.74 Å². The number of nitrogens with zero attached hydrogens (tertiary/aromatic N) is 1. The van der Waals surface area contributed by atoms with E-state index in [0.717, 1.165) is 31.4 Å². The first-order valence-electron chi connectivity index (χ1n) is 8.50. The number of nitrogens with one attached hydrogen (secondary N) is 1. The van der Waals surface area contributed by atoms with Crippen molar-refractivity contribution in [2.45, 2.75) is 32.6 Å². The summed E-state index contributed by atoms with van der Waals surface area (Å²) < 4.78 is 35.1. The summed E-state index contributed by atoms with van der Waals surface area (Å²) in [6.07, 6.45) is 3.63. The van der Waals surface area contributed by atoms with Gasteiger partial charge in [-0.25, -0.2) is 4.72 Å². The van der Waals surface area contributed by atoms with Crippen LogP contribution in [0.1, 0.15) is 31.7 Å². The third-order valence-electron chi connectivity index (χ3n) is 4.90. The number of hydrogen-bond acceptors (Lipinski definition) is 3. The zero-order chi connectivity index (χ0) is 16.3. The van der Waals surface area contributed by atoms with Gasteiger partial charge in [0, 0.05) is 19.6 Å². The lowest BCUT2D eigenvalue weighted by Crippen LogP contribution is -2.46. The van der Waals surface area contributed by atoms with E-state index in [1.165, 1.54) is 5.56 Å². The maximum absolute atomic E-state index is 12.5. The van der Waals surface area contributed by atoms with Crippen molar-refractivity contribution in [2.75, 3.05) is 26.2 Å². The molecule has 5 nitrogen and oxygen atoms in total. The van der Waals surface area contributed by atoms with Gasteiger partial charge in [-0.1, -0.05) is 25.1 Å². The first-order chi connectivity index (χ1) is 11.0. The van der Waals surface area contributed by atoms with E-state index in [1.54, 1.807) is 4.31 Å². The van der Waals surface area contributed by atoms with Crippen LogP contribution in [0, 0.1) is 11.8 Å². The molecule has 2 heterocycles. The van der Waals surface area contributed by atoms with Gasteiger partial charge >= 0.3 is 0 Å². The van der Waals surface area contributed by atoms with E-state index in [0.29, 0.717) is 32.2 Å². The van der Waals surface area contributed by atoms with E-state index >= 15 is 0 Å². The van der Waals surface area contributed by atoms with E-state index in [4.69, 9.17) is 4.74 Å². The van der Waals surface area contributed by atoms with Crippen LogP contribution in [0.2, 0.25) is 0 Å². The number of ether oxygens (including phenoxy) is 1. The van der Waals surface area contributed by atoms with Gasteiger partial charge in [0.1, 0.15) is 5.75 Å². The standard InChI is InChI=1S/C17H26N2O3S/c1-14-6-9-19(10-7-14)23(20,21)18-13-15-8-11-22-17-5-3-2-4-16(17)12-15/h2-5,14-15,18H,6-13H2,1H3/t15-/m1/s1. The van der Waals surface area contributed by atoms with Gasteiger partial charge in [0.2, 0.25) is 0 Å². The van der Waals surface area contributed by atoms with Crippen molar-refractivity contribution in [1.82, 2.24) is 9.03 Å². The molecule has 0 amide bonds. The monoisotopic (exact) mass is 338 g/mol. The van der Waals surface area contributed by atoms with Crippen molar-refractivity contribution in [3.05, 3.63) is 29.8 Å². The molecule has 23 heavy (non-hydrogen) atoms. The molecular formula is C17H26N2O3S. The van der Waals surface area contributed by atoms with Crippen LogP contribution >= 0.6 is 0 Å². The average molecular weight is 338 g/mol. The van der Waals surface area contributed by atoms with Crippen molar-refractivity contribution in [1.29, 1.82) is 0 Å². The van der Waals surface area contributed by atoms with E-state index in [1.807, 2.05) is 18.2 Å². The zero-order valence-corrected chi connectivity index (χ0v) is 14.5. The summed E-state index contributed by atoms with van der Waals surface area (Å²) >= 11 is 0. The second-order valence-electron chi connectivity index (χ2n) is 6.75. The molecule has 0 saturated carbocycles. The highest BCUT2D eigenvalue weighted by molar-refractivity contribution is 7.87. The molecule has 1 saturated heterocycles. The highest BCUT2D eigenvalue weighted by Crippen LogP contribution is 2.26. The minimum absolute atomic E-state index is 0.275. The largest absolute Gasteiger partial charge is 0.493 e. The van der Waals surface area contributed by atoms with Crippen molar-refractivity contribution in [3.8, 4) is 5.75 Å². The van der Waals surface area contributed by atoms with Crippen LogP contribution in [-0.4, -0.2) is 39.0 Å². The zero-order valence-electron chi connectivity index (χ0n) is 13.7. The van der Waals surface area contributed by atoms with Crippen LogP contribution in [0.4, 0.5) is 0 Å². The van der Waals surface area contributed by atoms with Crippen molar-refractivity contribution >= 4 is 10.2 Å². The number of piperidine rings is 1. The smallest absolute Gasteiger partial charge is 0.279 e. The van der Waals surface area contributed by atoms with Gasteiger partial charge in [0.05, 0.1) is 6.61 Å². The predicted molar refractivity (Wildman–Crippen MR) is 90.6 cm³/mol. The summed E-state index contributed by atoms with van der Waals surface area (Å²) in [6, 6.07) is 8.02. The molecule has 0 spiro atoms. The van der Waals surface area contributed by atoms with E-state index in [9.17, 15) is 8.42 Å². The summed E-state index contributed by atoms with van der Waals surface area (Å²) in [7, 11) is -3.35. The molecule has 1 atom stereocenters. The van der Waals surface area contributed by atoms with Gasteiger partial charge in [0.25, 0.3) is 10.2 Å². The second kappa shape index (κ2) is 7.20. The van der Waals surface area contributed by atoms with Crippen LogP contribution < -0.4 is 9.46 Å². The van der Waals surface area contributed by atoms with Gasteiger partial charge in [-0.05, 0) is 49.1 Å². The third kappa shape index (κ3) is 4.25. The van der Waals surface area contributed by atoms with Crippen LogP contribution in [0.15, 0.2) is 24.3 Å². The molecule has 0 radical (unpaired) electrons. The molecule has 2 aliphatic rings. The summed E-state index contributed by atoms with van der Waals surface area (Å²) in [6.45, 7) is 4.57. The molecule has 1 aromatic rings. The summed E-state index contributed by atoms with van der Waals surface area (Å²) in [5.41, 5.74) is 1.17. The van der Waals surface area contributed by atoms with Crippen molar-refractivity contribution in [3.63, 3.8) is 0 Å². The molecule has 1 fully saturated rings. The highest BCUT2D eigenvalue weighted by Gasteiger charge is 2.27. The number of rotatable bonds is 4. The molecule has 3 rings (SSSR count). The first-order valence-corrected chi connectivity index (χ1v) is 9.94. The molecule has 128 valence electrons. The molecule has 6 heteroatoms. The summed E-state index contributed by atoms with van der Waals surface area (Å²) in [4.78, 5) is 0. The first kappa shape index (κ1) is 16.7. The molecule has 1 aromatic carbocycles. The van der Waals surface area contributed by atoms with E-state index < -0.39 is 10.2 Å². The van der Waals surface area contributed by atoms with Gasteiger partial charge in [-0.15, -0.1) is 0 Å². The Morgan fingerprint density at radius 3 is 2.74 bits per heavy atom. The lowest BCUT2D eigenvalue weighted by atomic mass is 9.97. The maximum atomic E-state index is 12.5. The Kier molecular flexibility index (Phi) is 5.24. The Hall–Kier alpha value is -1.11. The molecule has 2 aliphatic heterocycles. The Bertz CT molecular complexity index is 624. The second-order valence-corrected chi connectivity index (χ2v) is 8.51. The van der Waals surface area contributed by atoms with Crippen molar-refractivity contribution in [2.24, 2.45) is 11.8 Å². The molecule has 0 unspecified atom stereocenters. The maximum Gasteiger partial charge on any atom is 0.279 e. The lowest BCUT2D eigenvalue weighted by molar-refractivity contribution is 0.279. The Morgan fingerprint density at radius 2 is 1.96 bits per heavy atom. The topological polar surface area (TPSA) is 58.6 Å². The minimum Gasteiger partial charge on any atom is -0.493 e. The quantitative estimate of drug-likeness (QED) is 0.915. The van der Waals surface area contributed by atoms with Gasteiger partial charge in [-0.2, -0.15) is 12.7 Å². The fourth-order valence-electron chi connectivity index (χ4n) is 3.28. The van der Waals surface area contributed by atoms with E-state index in [-0.39, 0.29) is 5.92 Å². The Morgan fingerprint density at radius 1 is 1.22 bits per heavy atom. The SMILES string of the molecule is CC1CCN(S(=O)(=O)NC[C@@H]2CCOc3ccccc3C2)CC1. The minimum atomic E-state index is -3.35. The summed E-state index contributed by atoms with van der Waals surface area (Å²) in [5, 5.41) is 0. The summed E-state index contributed by atoms with van der Waals surface area (Å²) in [5.74, 6) is 1.83. The van der Waals surface area contributed by atoms with Crippen molar-refractivity contribution < 1.29 is 13.2 Å². The number of para-hydroxylation sites is 1. The van der Waals surface area contributed by atoms with Crippen LogP contribution in [0.25, 0.3) is 0 Å². The molecule has 0 aliphatic carbocycles. The molecule has 0 aromatic heterocycles. The average Bonchev–Trinajstić information content (AvgIpc) is 2.75. The van der Waals surface area contributed by atoms with Gasteiger partial charge in [0.15, 0.2) is 0 Å². The molecule has 1 N–H and O–H groups in total. The fraction of sp³-hybridized carbons (Fsp3) is 0.647. The molecular weight excluding hydrogens is 312 g/mol. The predicted octanol–water partition coefficient (Wildman–Crippen LogP) is 2.19. The fourth-order valence-corrected chi connectivity index (χ4v) is 4.60. The normalized spacial score (nSPS) is 23.8. The molecule has 0 bridgehead atoms. The van der Waals surface area contributed by atoms with E-state index in [2.05, 4.69) is 17.7 Å². The number of hydrogen-bond donors (Lipinski definition) is 1. The number of benzene rings is 1. The lowest BCUT2D eigenvalue weighted by Gasteiger charge is -2.30. The van der Waals surface area contributed by atoms with Gasteiger partial charge in [-0.3, -0.25) is 0 Å². The Labute approximate surface area is 139 Å². The third-order valence-corrected chi connectivity index (χ3v) is 6.48. The Balaban J connectivity index is 1.57.